The Labute approximate surface area is 74.8 Å². The molecule has 0 amide bonds. The molecule has 1 heterocycles. The number of carboxylic acid groups (broad SMARTS) is 1. The topological polar surface area (TPSA) is 96.4 Å². The molecule has 0 aromatic carbocycles. The van der Waals surface area contributed by atoms with E-state index in [0.717, 1.165) is 0 Å². The van der Waals surface area contributed by atoms with E-state index in [4.69, 9.17) is 15.9 Å². The molecule has 0 bridgehead atoms. The van der Waals surface area contributed by atoms with Crippen molar-refractivity contribution in [2.75, 3.05) is 6.61 Å². The first-order valence-electron chi connectivity index (χ1n) is 3.71. The lowest BCUT2D eigenvalue weighted by Gasteiger charge is -2.07. The Hall–Kier alpha value is -1.46. The number of aliphatic hydroxyl groups excluding tert-OH is 1. The highest BCUT2D eigenvalue weighted by atomic mass is 16.4. The molecular formula is C8H10N2O3. The smallest absolute Gasteiger partial charge is 0.354 e. The molecule has 0 saturated carbocycles. The lowest BCUT2D eigenvalue weighted by molar-refractivity contribution is 0.0690. The third kappa shape index (κ3) is 2.24. The molecule has 1 rings (SSSR count). The number of aromatic nitrogens is 1. The average molecular weight is 182 g/mol. The molecule has 13 heavy (non-hydrogen) atoms. The summed E-state index contributed by atoms with van der Waals surface area (Å²) >= 11 is 0. The van der Waals surface area contributed by atoms with Gasteiger partial charge < -0.3 is 15.9 Å². The van der Waals surface area contributed by atoms with E-state index < -0.39 is 12.0 Å². The Morgan fingerprint density at radius 2 is 2.38 bits per heavy atom. The van der Waals surface area contributed by atoms with E-state index in [-0.39, 0.29) is 12.3 Å². The molecule has 0 aliphatic rings. The van der Waals surface area contributed by atoms with E-state index >= 15 is 0 Å². The zero-order chi connectivity index (χ0) is 9.84. The number of aliphatic hydroxyl groups is 1. The number of hydrogen-bond donors (Lipinski definition) is 3. The molecule has 1 aromatic heterocycles. The summed E-state index contributed by atoms with van der Waals surface area (Å²) < 4.78 is 0. The van der Waals surface area contributed by atoms with Gasteiger partial charge in [-0.3, -0.25) is 0 Å². The highest BCUT2D eigenvalue weighted by Gasteiger charge is 2.08. The molecule has 1 aromatic rings. The third-order valence-electron chi connectivity index (χ3n) is 1.63. The normalized spacial score (nSPS) is 12.5. The number of carbonyl (C=O) groups is 1. The summed E-state index contributed by atoms with van der Waals surface area (Å²) in [5.41, 5.74) is 5.99. The zero-order valence-corrected chi connectivity index (χ0v) is 6.84. The lowest BCUT2D eigenvalue weighted by atomic mass is 10.1. The van der Waals surface area contributed by atoms with Crippen molar-refractivity contribution in [3.63, 3.8) is 0 Å². The second kappa shape index (κ2) is 3.97. The van der Waals surface area contributed by atoms with Crippen molar-refractivity contribution in [3.8, 4) is 0 Å². The van der Waals surface area contributed by atoms with Gasteiger partial charge in [-0.05, 0) is 17.7 Å². The molecule has 5 nitrogen and oxygen atoms in total. The summed E-state index contributed by atoms with van der Waals surface area (Å²) in [4.78, 5) is 14.1. The first-order chi connectivity index (χ1) is 6.15. The van der Waals surface area contributed by atoms with Crippen molar-refractivity contribution < 1.29 is 15.0 Å². The number of carboxylic acids is 1. The van der Waals surface area contributed by atoms with Gasteiger partial charge in [0.15, 0.2) is 0 Å². The van der Waals surface area contributed by atoms with Crippen molar-refractivity contribution in [1.29, 1.82) is 0 Å². The Morgan fingerprint density at radius 3 is 2.92 bits per heavy atom. The molecule has 5 heteroatoms. The van der Waals surface area contributed by atoms with Crippen LogP contribution < -0.4 is 5.73 Å². The number of nitrogens with zero attached hydrogens (tertiary/aromatic N) is 1. The van der Waals surface area contributed by atoms with E-state index in [9.17, 15) is 4.79 Å². The predicted molar refractivity (Wildman–Crippen MR) is 45.2 cm³/mol. The highest BCUT2D eigenvalue weighted by molar-refractivity contribution is 5.85. The minimum absolute atomic E-state index is 0.0681. The summed E-state index contributed by atoms with van der Waals surface area (Å²) in [5.74, 6) is -1.10. The predicted octanol–water partition coefficient (Wildman–Crippen LogP) is -0.228. The zero-order valence-electron chi connectivity index (χ0n) is 6.84. The number of rotatable bonds is 3. The maximum Gasteiger partial charge on any atom is 0.354 e. The van der Waals surface area contributed by atoms with Gasteiger partial charge in [0, 0.05) is 6.20 Å². The van der Waals surface area contributed by atoms with Gasteiger partial charge in [0.05, 0.1) is 12.6 Å². The van der Waals surface area contributed by atoms with Crippen molar-refractivity contribution in [1.82, 2.24) is 4.98 Å². The van der Waals surface area contributed by atoms with Crippen LogP contribution in [-0.2, 0) is 0 Å². The fourth-order valence-electron chi connectivity index (χ4n) is 0.900. The van der Waals surface area contributed by atoms with Crippen molar-refractivity contribution >= 4 is 5.97 Å². The number of aromatic carboxylic acids is 1. The van der Waals surface area contributed by atoms with E-state index in [1.807, 2.05) is 0 Å². The van der Waals surface area contributed by atoms with Crippen LogP contribution in [0.1, 0.15) is 22.1 Å². The molecule has 0 aliphatic carbocycles. The van der Waals surface area contributed by atoms with Crippen molar-refractivity contribution in [3.05, 3.63) is 29.6 Å². The van der Waals surface area contributed by atoms with Gasteiger partial charge in [-0.2, -0.15) is 0 Å². The van der Waals surface area contributed by atoms with Gasteiger partial charge in [-0.15, -0.1) is 0 Å². The molecule has 4 N–H and O–H groups in total. The molecule has 1 unspecified atom stereocenters. The average Bonchev–Trinajstić information content (AvgIpc) is 2.17. The Bertz CT molecular complexity index is 314. The van der Waals surface area contributed by atoms with Gasteiger partial charge in [0.25, 0.3) is 0 Å². The highest BCUT2D eigenvalue weighted by Crippen LogP contribution is 2.09. The van der Waals surface area contributed by atoms with Gasteiger partial charge >= 0.3 is 5.97 Å². The molecule has 0 aliphatic heterocycles. The van der Waals surface area contributed by atoms with E-state index in [1.165, 1.54) is 12.3 Å². The Balaban J connectivity index is 2.98. The molecule has 70 valence electrons. The number of pyridine rings is 1. The number of nitrogens with two attached hydrogens (primary N) is 1. The maximum absolute atomic E-state index is 10.5. The van der Waals surface area contributed by atoms with Gasteiger partial charge in [-0.1, -0.05) is 0 Å². The standard InChI is InChI=1S/C8H10N2O3/c9-6(4-11)5-1-2-10-7(3-5)8(12)13/h1-3,6,11H,4,9H2,(H,12,13). The molecule has 0 radical (unpaired) electrons. The summed E-state index contributed by atoms with van der Waals surface area (Å²) in [6.45, 7) is -0.219. The van der Waals surface area contributed by atoms with Crippen LogP contribution in [0.25, 0.3) is 0 Å². The molecule has 0 fully saturated rings. The summed E-state index contributed by atoms with van der Waals surface area (Å²) in [5, 5.41) is 17.3. The van der Waals surface area contributed by atoms with Crippen LogP contribution in [0.3, 0.4) is 0 Å². The van der Waals surface area contributed by atoms with Crippen molar-refractivity contribution in [2.45, 2.75) is 6.04 Å². The van der Waals surface area contributed by atoms with Gasteiger partial charge in [0.1, 0.15) is 5.69 Å². The second-order valence-electron chi connectivity index (χ2n) is 2.57. The second-order valence-corrected chi connectivity index (χ2v) is 2.57. The first-order valence-corrected chi connectivity index (χ1v) is 3.71. The minimum Gasteiger partial charge on any atom is -0.477 e. The lowest BCUT2D eigenvalue weighted by Crippen LogP contribution is -2.15. The largest absolute Gasteiger partial charge is 0.477 e. The van der Waals surface area contributed by atoms with Crippen LogP contribution in [-0.4, -0.2) is 27.8 Å². The fourth-order valence-corrected chi connectivity index (χ4v) is 0.900. The Kier molecular flexibility index (Phi) is 2.94. The summed E-state index contributed by atoms with van der Waals surface area (Å²) in [6.07, 6.45) is 1.36. The van der Waals surface area contributed by atoms with Crippen LogP contribution in [0.15, 0.2) is 18.3 Å². The van der Waals surface area contributed by atoms with E-state index in [2.05, 4.69) is 4.98 Å². The summed E-state index contributed by atoms with van der Waals surface area (Å²) in [7, 11) is 0. The van der Waals surface area contributed by atoms with Crippen LogP contribution in [0.4, 0.5) is 0 Å². The van der Waals surface area contributed by atoms with Crippen LogP contribution in [0, 0.1) is 0 Å². The van der Waals surface area contributed by atoms with Gasteiger partial charge in [-0.25, -0.2) is 9.78 Å². The summed E-state index contributed by atoms with van der Waals surface area (Å²) in [6, 6.07) is 2.37. The van der Waals surface area contributed by atoms with Crippen LogP contribution in [0.2, 0.25) is 0 Å². The SMILES string of the molecule is NC(CO)c1ccnc(C(=O)O)c1. The quantitative estimate of drug-likeness (QED) is 0.600. The monoisotopic (exact) mass is 182 g/mol. The van der Waals surface area contributed by atoms with E-state index in [1.54, 1.807) is 6.07 Å². The van der Waals surface area contributed by atoms with Crippen LogP contribution >= 0.6 is 0 Å². The molecular weight excluding hydrogens is 172 g/mol. The third-order valence-corrected chi connectivity index (χ3v) is 1.63. The van der Waals surface area contributed by atoms with Crippen molar-refractivity contribution in [2.24, 2.45) is 5.73 Å². The Morgan fingerprint density at radius 1 is 1.69 bits per heavy atom. The first kappa shape index (κ1) is 9.63. The molecule has 0 spiro atoms. The maximum atomic E-state index is 10.5. The van der Waals surface area contributed by atoms with Gasteiger partial charge in [0.2, 0.25) is 0 Å². The minimum atomic E-state index is -1.10. The molecule has 0 saturated heterocycles. The van der Waals surface area contributed by atoms with E-state index in [0.29, 0.717) is 5.56 Å². The fraction of sp³-hybridized carbons (Fsp3) is 0.250. The molecule has 1 atom stereocenters. The van der Waals surface area contributed by atoms with Crippen LogP contribution in [0.5, 0.6) is 0 Å². The number of hydrogen-bond acceptors (Lipinski definition) is 4.